The molecule has 0 amide bonds. The van der Waals surface area contributed by atoms with Crippen LogP contribution in [0.4, 0.5) is 0 Å². The summed E-state index contributed by atoms with van der Waals surface area (Å²) >= 11 is 18.9. The van der Waals surface area contributed by atoms with Crippen LogP contribution >= 0.6 is 65.7 Å². The molecule has 0 aliphatic rings. The van der Waals surface area contributed by atoms with E-state index < -0.39 is 19.1 Å². The zero-order valence-electron chi connectivity index (χ0n) is 34.3. The van der Waals surface area contributed by atoms with Crippen molar-refractivity contribution in [3.05, 3.63) is 198 Å². The molecule has 6 aromatic carbocycles. The number of nitrogens with two attached hydrogens (primary N) is 1. The van der Waals surface area contributed by atoms with Gasteiger partial charge in [0.25, 0.3) is 20.2 Å². The number of primary sulfonamides is 1. The lowest BCUT2D eigenvalue weighted by molar-refractivity contribution is 0.597. The molecule has 0 bridgehead atoms. The van der Waals surface area contributed by atoms with Gasteiger partial charge in [0, 0.05) is 52.2 Å². The van der Waals surface area contributed by atoms with E-state index >= 15 is 0 Å². The maximum atomic E-state index is 13.6. The number of imidazole rings is 2. The highest BCUT2D eigenvalue weighted by atomic mass is 79.9. The minimum Gasteiger partial charge on any atom is -0.283 e. The van der Waals surface area contributed by atoms with Crippen molar-refractivity contribution < 1.29 is 16.8 Å². The molecule has 10 rings (SSSR count). The number of aromatic nitrogens is 8. The third-order valence-electron chi connectivity index (χ3n) is 10.3. The first-order chi connectivity index (χ1) is 32.4. The standard InChI is InChI=1S/C23H13BrCl2N4O3S.C23H15BrClN5O3S/c2*24-15-6-4-14(5-7-15)21-28-22-20(23(31)30(21)17-10-8-16(25)9-11-17)27-13-29(22)18-2-1-3-19(12-18)34(26,32)33/h1-13H;1-13H,(H2,26,32,33). The Balaban J connectivity index is 0.000000170. The molecule has 10 aromatic rings. The molecule has 4 heterocycles. The highest BCUT2D eigenvalue weighted by Gasteiger charge is 2.22. The first-order valence-corrected chi connectivity index (χ1v) is 25.9. The summed E-state index contributed by atoms with van der Waals surface area (Å²) in [6, 6.07) is 40.5. The fourth-order valence-electron chi connectivity index (χ4n) is 7.12. The van der Waals surface area contributed by atoms with Crippen molar-refractivity contribution in [3.63, 3.8) is 0 Å². The molecule has 0 fully saturated rings. The van der Waals surface area contributed by atoms with Crippen molar-refractivity contribution in [2.24, 2.45) is 5.14 Å². The summed E-state index contributed by atoms with van der Waals surface area (Å²) in [5.41, 5.74) is 3.47. The van der Waals surface area contributed by atoms with Gasteiger partial charge >= 0.3 is 0 Å². The van der Waals surface area contributed by atoms with Crippen LogP contribution in [0.3, 0.4) is 0 Å². The number of nitrogens with zero attached hydrogens (tertiary/aromatic N) is 8. The lowest BCUT2D eigenvalue weighted by Crippen LogP contribution is -2.22. The van der Waals surface area contributed by atoms with Crippen molar-refractivity contribution in [3.8, 4) is 45.5 Å². The van der Waals surface area contributed by atoms with E-state index in [1.807, 2.05) is 48.5 Å². The molecule has 0 radical (unpaired) electrons. The molecule has 0 saturated carbocycles. The second-order valence-corrected chi connectivity index (χ2v) is 21.5. The summed E-state index contributed by atoms with van der Waals surface area (Å²) in [6.07, 6.45) is 2.86. The van der Waals surface area contributed by atoms with Crippen LogP contribution in [0.1, 0.15) is 0 Å². The predicted molar refractivity (Wildman–Crippen MR) is 270 cm³/mol. The molecular formula is C46H28Br2Cl3N9O6S2. The van der Waals surface area contributed by atoms with E-state index in [1.165, 1.54) is 46.1 Å². The van der Waals surface area contributed by atoms with Crippen LogP contribution in [-0.2, 0) is 19.1 Å². The molecular weight excluding hydrogens is 1100 g/mol. The lowest BCUT2D eigenvalue weighted by atomic mass is 10.2. The summed E-state index contributed by atoms with van der Waals surface area (Å²) in [6.45, 7) is 0. The van der Waals surface area contributed by atoms with E-state index in [9.17, 15) is 26.4 Å². The van der Waals surface area contributed by atoms with Gasteiger partial charge in [0.2, 0.25) is 10.0 Å². The summed E-state index contributed by atoms with van der Waals surface area (Å²) in [4.78, 5) is 45.3. The average Bonchev–Trinajstić information content (AvgIpc) is 3.96. The summed E-state index contributed by atoms with van der Waals surface area (Å²) in [5, 5.41) is 6.36. The number of hydrogen-bond acceptors (Lipinski definition) is 10. The predicted octanol–water partition coefficient (Wildman–Crippen LogP) is 9.88. The van der Waals surface area contributed by atoms with Crippen molar-refractivity contribution in [1.82, 2.24) is 38.2 Å². The number of hydrogen-bond donors (Lipinski definition) is 1. The molecule has 0 spiro atoms. The Labute approximate surface area is 417 Å². The number of rotatable bonds is 8. The lowest BCUT2D eigenvalue weighted by Gasteiger charge is -2.14. The van der Waals surface area contributed by atoms with E-state index in [1.54, 1.807) is 81.9 Å². The fourth-order valence-corrected chi connectivity index (χ4v) is 9.25. The van der Waals surface area contributed by atoms with Crippen LogP contribution in [0.5, 0.6) is 0 Å². The summed E-state index contributed by atoms with van der Waals surface area (Å²) in [7, 11) is -2.34. The minimum atomic E-state index is -3.94. The Morgan fingerprint density at radius 3 is 1.26 bits per heavy atom. The van der Waals surface area contributed by atoms with E-state index in [-0.39, 0.29) is 43.2 Å². The topological polar surface area (TPSA) is 200 Å². The van der Waals surface area contributed by atoms with Gasteiger partial charge in [-0.3, -0.25) is 27.9 Å². The smallest absolute Gasteiger partial charge is 0.283 e. The monoisotopic (exact) mass is 1130 g/mol. The van der Waals surface area contributed by atoms with Gasteiger partial charge in [-0.15, -0.1) is 0 Å². The Bertz CT molecular complexity index is 3690. The first-order valence-electron chi connectivity index (χ1n) is 19.7. The highest BCUT2D eigenvalue weighted by Crippen LogP contribution is 2.29. The van der Waals surface area contributed by atoms with Gasteiger partial charge in [-0.1, -0.05) is 91.5 Å². The average molecular weight is 1130 g/mol. The zero-order valence-corrected chi connectivity index (χ0v) is 41.4. The molecule has 340 valence electrons. The fraction of sp³-hybridized carbons (Fsp3) is 0. The van der Waals surface area contributed by atoms with Gasteiger partial charge in [-0.05, 0) is 109 Å². The molecule has 15 nitrogen and oxygen atoms in total. The maximum absolute atomic E-state index is 13.6. The van der Waals surface area contributed by atoms with Gasteiger partial charge in [0.15, 0.2) is 22.3 Å². The Morgan fingerprint density at radius 1 is 0.500 bits per heavy atom. The van der Waals surface area contributed by atoms with Crippen molar-refractivity contribution >= 4 is 107 Å². The number of benzene rings is 6. The highest BCUT2D eigenvalue weighted by molar-refractivity contribution is 9.10. The third kappa shape index (κ3) is 9.43. The maximum Gasteiger partial charge on any atom is 0.286 e. The van der Waals surface area contributed by atoms with E-state index in [0.29, 0.717) is 55.6 Å². The van der Waals surface area contributed by atoms with Crippen LogP contribution < -0.4 is 16.3 Å². The van der Waals surface area contributed by atoms with E-state index in [2.05, 4.69) is 41.8 Å². The molecule has 2 N–H and O–H groups in total. The van der Waals surface area contributed by atoms with Gasteiger partial charge in [-0.25, -0.2) is 41.9 Å². The molecule has 22 heteroatoms. The van der Waals surface area contributed by atoms with Crippen LogP contribution in [0.15, 0.2) is 187 Å². The van der Waals surface area contributed by atoms with Crippen molar-refractivity contribution in [1.29, 1.82) is 0 Å². The van der Waals surface area contributed by atoms with Gasteiger partial charge in [-0.2, -0.15) is 0 Å². The SMILES string of the molecule is NS(=O)(=O)c1cccc(-n2cnc3c(=O)n(-c4ccc(Cl)cc4)c(-c4ccc(Br)cc4)nc32)c1.O=c1c2ncn(-c3cccc(S(=O)(=O)Cl)c3)c2nc(-c2ccc(Br)cc2)n1-c1ccc(Cl)cc1. The van der Waals surface area contributed by atoms with Gasteiger partial charge < -0.3 is 0 Å². The second-order valence-electron chi connectivity index (χ2n) is 14.7. The Morgan fingerprint density at radius 2 is 0.882 bits per heavy atom. The first kappa shape index (κ1) is 46.8. The second kappa shape index (κ2) is 18.7. The third-order valence-corrected chi connectivity index (χ3v) is 14.1. The van der Waals surface area contributed by atoms with E-state index in [4.69, 9.17) is 49.0 Å². The van der Waals surface area contributed by atoms with Crippen LogP contribution in [0.2, 0.25) is 10.0 Å². The number of sulfonamides is 1. The normalized spacial score (nSPS) is 11.7. The van der Waals surface area contributed by atoms with E-state index in [0.717, 1.165) is 8.95 Å². The molecule has 0 unspecified atom stereocenters. The molecule has 0 aliphatic carbocycles. The zero-order chi connectivity index (χ0) is 48.1. The molecule has 68 heavy (non-hydrogen) atoms. The Hall–Kier alpha value is -6.29. The van der Waals surface area contributed by atoms with Gasteiger partial charge in [0.1, 0.15) is 24.3 Å². The van der Waals surface area contributed by atoms with Crippen LogP contribution in [0.25, 0.3) is 67.9 Å². The quantitative estimate of drug-likeness (QED) is 0.143. The summed E-state index contributed by atoms with van der Waals surface area (Å²) < 4.78 is 55.1. The molecule has 4 aromatic heterocycles. The molecule has 0 saturated heterocycles. The largest absolute Gasteiger partial charge is 0.286 e. The minimum absolute atomic E-state index is 0.0607. The number of fused-ring (bicyclic) bond motifs is 2. The van der Waals surface area contributed by atoms with Gasteiger partial charge in [0.05, 0.1) is 21.2 Å². The van der Waals surface area contributed by atoms with Crippen molar-refractivity contribution in [2.45, 2.75) is 9.79 Å². The van der Waals surface area contributed by atoms with Crippen molar-refractivity contribution in [2.75, 3.05) is 0 Å². The van der Waals surface area contributed by atoms with Crippen LogP contribution in [0, 0.1) is 0 Å². The molecule has 0 aliphatic heterocycles. The number of halogens is 5. The molecule has 0 atom stereocenters. The summed E-state index contributed by atoms with van der Waals surface area (Å²) in [5.74, 6) is 0.770. The van der Waals surface area contributed by atoms with Crippen LogP contribution in [-0.4, -0.2) is 55.0 Å². The Kier molecular flexibility index (Phi) is 12.8.